The normalized spacial score (nSPS) is 14.0. The average molecular weight is 458 g/mol. The number of hydrogen-bond donors (Lipinski definition) is 4. The van der Waals surface area contributed by atoms with Gasteiger partial charge in [-0.05, 0) is 18.4 Å². The van der Waals surface area contributed by atoms with E-state index in [9.17, 15) is 26.9 Å². The second-order valence-electron chi connectivity index (χ2n) is 6.45. The number of carbonyl (C=O) groups excluding carboxylic acids is 1. The van der Waals surface area contributed by atoms with Gasteiger partial charge in [0.25, 0.3) is 0 Å². The number of nitrogens with zero attached hydrogens (tertiary/aromatic N) is 2. The summed E-state index contributed by atoms with van der Waals surface area (Å²) in [6.07, 6.45) is -3.47. The molecule has 0 saturated heterocycles. The van der Waals surface area contributed by atoms with Crippen LogP contribution in [-0.2, 0) is 4.79 Å². The predicted octanol–water partition coefficient (Wildman–Crippen LogP) is 3.13. The maximum Gasteiger partial charge on any atom is 0.450 e. The lowest BCUT2D eigenvalue weighted by molar-refractivity contribution is -0.117. The first kappa shape index (κ1) is 24.8. The molecule has 0 radical (unpaired) electrons. The molecule has 7 nitrogen and oxygen atoms in total. The van der Waals surface area contributed by atoms with E-state index < -0.39 is 38.6 Å². The highest BCUT2D eigenvalue weighted by Crippen LogP contribution is 2.49. The average Bonchev–Trinajstić information content (AvgIpc) is 2.55. The number of hydrogen-bond acceptors (Lipinski definition) is 5. The van der Waals surface area contributed by atoms with Crippen molar-refractivity contribution in [3.8, 4) is 0 Å². The Balaban J connectivity index is 3.64. The molecule has 1 aromatic carbocycles. The Kier molecular flexibility index (Phi) is 7.04. The largest absolute Gasteiger partial charge is 0.450 e. The molecule has 0 fully saturated rings. The number of nitrogens with one attached hydrogen (secondary N) is 2. The fourth-order valence-electron chi connectivity index (χ4n) is 2.06. The lowest BCUT2D eigenvalue weighted by atomic mass is 10.1. The van der Waals surface area contributed by atoms with Crippen molar-refractivity contribution in [2.45, 2.75) is 20.0 Å². The summed E-state index contributed by atoms with van der Waals surface area (Å²) in [5.41, 5.74) is 6.80. The van der Waals surface area contributed by atoms with Gasteiger partial charge in [0.1, 0.15) is 16.5 Å². The third kappa shape index (κ3) is 6.37. The van der Waals surface area contributed by atoms with Gasteiger partial charge in [-0.3, -0.25) is 15.2 Å². The number of alkyl halides is 3. The maximum absolute atomic E-state index is 14.7. The molecule has 1 aromatic rings. The van der Waals surface area contributed by atoms with E-state index in [-0.39, 0.29) is 22.0 Å². The van der Waals surface area contributed by atoms with Crippen LogP contribution in [0.4, 0.5) is 28.9 Å². The van der Waals surface area contributed by atoms with Crippen molar-refractivity contribution in [3.63, 3.8) is 0 Å². The number of halogens is 4. The van der Waals surface area contributed by atoms with Crippen molar-refractivity contribution in [1.82, 2.24) is 5.43 Å². The first-order chi connectivity index (χ1) is 13.0. The number of carbonyl (C=O) groups is 1. The van der Waals surface area contributed by atoms with Crippen LogP contribution in [0.1, 0.15) is 19.4 Å². The Morgan fingerprint density at radius 3 is 2.38 bits per heavy atom. The van der Waals surface area contributed by atoms with Crippen molar-refractivity contribution in [3.05, 3.63) is 23.5 Å². The van der Waals surface area contributed by atoms with Crippen LogP contribution in [0.2, 0.25) is 0 Å². The standard InChI is InChI=1S/C16H23F4N5O2S2/c1-6-29(4,5,27)24-12-8-13(11(17)7-10(12)14(21)28)25(9(2)26)23-15(22-3)16(18,19)20/h7-8,24,27H,4,6H2,1-3,5H3,(H2,21,28)(H,22,23). The number of nitrogens with two attached hydrogens (primary N) is 1. The molecule has 0 aromatic heterocycles. The van der Waals surface area contributed by atoms with E-state index in [0.29, 0.717) is 5.01 Å². The lowest BCUT2D eigenvalue weighted by Gasteiger charge is -2.41. The van der Waals surface area contributed by atoms with E-state index in [0.717, 1.165) is 26.1 Å². The highest BCUT2D eigenvalue weighted by molar-refractivity contribution is 8.42. The molecule has 0 heterocycles. The number of amidine groups is 1. The first-order valence-corrected chi connectivity index (χ1v) is 11.2. The molecule has 0 aliphatic carbocycles. The summed E-state index contributed by atoms with van der Waals surface area (Å²) in [4.78, 5) is 14.8. The van der Waals surface area contributed by atoms with Crippen LogP contribution in [0, 0.1) is 5.82 Å². The summed E-state index contributed by atoms with van der Waals surface area (Å²) in [6.45, 7) is 2.59. The molecule has 0 bridgehead atoms. The third-order valence-electron chi connectivity index (χ3n) is 3.79. The van der Waals surface area contributed by atoms with Gasteiger partial charge in [0, 0.05) is 25.3 Å². The van der Waals surface area contributed by atoms with Crippen LogP contribution >= 0.6 is 21.4 Å². The topological polar surface area (TPSA) is 103 Å². The van der Waals surface area contributed by atoms with Crippen molar-refractivity contribution in [2.24, 2.45) is 10.7 Å². The predicted molar refractivity (Wildman–Crippen MR) is 115 cm³/mol. The van der Waals surface area contributed by atoms with Gasteiger partial charge < -0.3 is 15.0 Å². The Morgan fingerprint density at radius 1 is 1.45 bits per heavy atom. The zero-order valence-electron chi connectivity index (χ0n) is 16.2. The minimum atomic E-state index is -4.91. The zero-order valence-corrected chi connectivity index (χ0v) is 17.9. The van der Waals surface area contributed by atoms with E-state index >= 15 is 0 Å². The van der Waals surface area contributed by atoms with E-state index in [1.165, 1.54) is 6.26 Å². The van der Waals surface area contributed by atoms with Crippen molar-refractivity contribution in [2.75, 3.05) is 28.8 Å². The molecule has 13 heteroatoms. The molecule has 164 valence electrons. The third-order valence-corrected chi connectivity index (χ3v) is 6.34. The lowest BCUT2D eigenvalue weighted by Crippen LogP contribution is -2.51. The molecular weight excluding hydrogens is 434 g/mol. The van der Waals surface area contributed by atoms with E-state index in [1.807, 2.05) is 0 Å². The van der Waals surface area contributed by atoms with Gasteiger partial charge in [-0.15, -0.1) is 9.22 Å². The molecule has 1 rings (SSSR count). The number of hydrazine groups is 1. The van der Waals surface area contributed by atoms with Crippen LogP contribution in [0.5, 0.6) is 0 Å². The molecule has 0 unspecified atom stereocenters. The van der Waals surface area contributed by atoms with E-state index in [4.69, 9.17) is 18.0 Å². The summed E-state index contributed by atoms with van der Waals surface area (Å²) >= 11 is 4.89. The van der Waals surface area contributed by atoms with Gasteiger partial charge in [-0.1, -0.05) is 25.0 Å². The maximum atomic E-state index is 14.7. The Hall–Kier alpha value is -2.25. The number of amides is 1. The number of benzene rings is 1. The summed E-state index contributed by atoms with van der Waals surface area (Å²) in [6, 6.07) is 1.87. The molecule has 0 spiro atoms. The van der Waals surface area contributed by atoms with Crippen molar-refractivity contribution < 1.29 is 26.9 Å². The van der Waals surface area contributed by atoms with Crippen LogP contribution in [0.25, 0.3) is 0 Å². The van der Waals surface area contributed by atoms with Crippen LogP contribution in [0.3, 0.4) is 0 Å². The summed E-state index contributed by atoms with van der Waals surface area (Å²) in [5.74, 6) is 0.399. The van der Waals surface area contributed by atoms with Crippen LogP contribution in [0.15, 0.2) is 17.1 Å². The molecule has 29 heavy (non-hydrogen) atoms. The monoisotopic (exact) mass is 457 g/mol. The number of aliphatic imine (C=N–C) groups is 1. The fourth-order valence-corrected chi connectivity index (χ4v) is 3.17. The van der Waals surface area contributed by atoms with Crippen molar-refractivity contribution in [1.29, 1.82) is 0 Å². The Labute approximate surface area is 171 Å². The van der Waals surface area contributed by atoms with Gasteiger partial charge >= 0.3 is 6.18 Å². The highest BCUT2D eigenvalue weighted by Gasteiger charge is 2.38. The molecular formula is C16H23F4N5O2S2. The van der Waals surface area contributed by atoms with E-state index in [2.05, 4.69) is 15.6 Å². The van der Waals surface area contributed by atoms with Gasteiger partial charge in [-0.25, -0.2) is 9.40 Å². The number of thiocarbonyl (C=S) groups is 1. The molecule has 5 N–H and O–H groups in total. The molecule has 0 atom stereocenters. The summed E-state index contributed by atoms with van der Waals surface area (Å²) in [7, 11) is -2.58. The quantitative estimate of drug-likeness (QED) is 0.178. The van der Waals surface area contributed by atoms with Gasteiger partial charge in [0.05, 0.1) is 5.69 Å². The SMILES string of the molecule is C=S(C)(O)(CC)Nc1cc(N(NC(=NC)C(F)(F)F)C(C)=O)c(F)cc1C(N)=S. The smallest absolute Gasteiger partial charge is 0.389 e. The van der Waals surface area contributed by atoms with Crippen LogP contribution < -0.4 is 20.9 Å². The van der Waals surface area contributed by atoms with Crippen molar-refractivity contribution >= 4 is 55.4 Å². The zero-order chi connectivity index (χ0) is 22.8. The Bertz CT molecular complexity index is 925. The molecule has 0 saturated carbocycles. The second kappa shape index (κ2) is 8.24. The minimum absolute atomic E-state index is 0.00722. The van der Waals surface area contributed by atoms with Crippen LogP contribution in [-0.4, -0.2) is 52.4 Å². The molecule has 1 amide bonds. The highest BCUT2D eigenvalue weighted by atomic mass is 32.3. The van der Waals surface area contributed by atoms with Gasteiger partial charge in [-0.2, -0.15) is 13.2 Å². The summed E-state index contributed by atoms with van der Waals surface area (Å²) < 4.78 is 67.2. The summed E-state index contributed by atoms with van der Waals surface area (Å²) in [5, 5.41) is 0.342. The molecule has 0 aliphatic heterocycles. The van der Waals surface area contributed by atoms with E-state index in [1.54, 1.807) is 12.3 Å². The molecule has 0 aliphatic rings. The second-order valence-corrected chi connectivity index (χ2v) is 11.3. The van der Waals surface area contributed by atoms with Gasteiger partial charge in [0.15, 0.2) is 0 Å². The first-order valence-electron chi connectivity index (χ1n) is 8.03. The fraction of sp³-hybridized carbons (Fsp3) is 0.375. The van der Waals surface area contributed by atoms with Gasteiger partial charge in [0.2, 0.25) is 11.7 Å². The Morgan fingerprint density at radius 2 is 2.00 bits per heavy atom. The number of rotatable bonds is 5. The number of anilines is 2. The minimum Gasteiger partial charge on any atom is -0.389 e.